The van der Waals surface area contributed by atoms with Gasteiger partial charge in [0.1, 0.15) is 17.7 Å². The number of halogens is 2. The van der Waals surface area contributed by atoms with Crippen LogP contribution in [0.3, 0.4) is 0 Å². The highest BCUT2D eigenvalue weighted by Crippen LogP contribution is 2.22. The van der Waals surface area contributed by atoms with Crippen molar-refractivity contribution >= 4 is 11.6 Å². The molecular formula is C11H15ClFNO. The average Bonchev–Trinajstić information content (AvgIpc) is 2.23. The van der Waals surface area contributed by atoms with Gasteiger partial charge in [-0.15, -0.1) is 0 Å². The van der Waals surface area contributed by atoms with Gasteiger partial charge in [0, 0.05) is 12.6 Å². The molecule has 15 heavy (non-hydrogen) atoms. The number of rotatable bonds is 5. The molecule has 0 bridgehead atoms. The lowest BCUT2D eigenvalue weighted by Gasteiger charge is -2.17. The van der Waals surface area contributed by atoms with Crippen molar-refractivity contribution in [1.29, 1.82) is 0 Å². The standard InChI is InChI=1S/C11H15ClFNO/c1-3-8(7-14-2)15-9-4-5-11(13)10(12)6-9/h4-6,8,14H,3,7H2,1-2H3. The summed E-state index contributed by atoms with van der Waals surface area (Å²) in [6, 6.07) is 4.39. The Labute approximate surface area is 94.4 Å². The quantitative estimate of drug-likeness (QED) is 0.842. The third-order valence-electron chi connectivity index (χ3n) is 2.08. The molecule has 0 saturated heterocycles. The zero-order valence-electron chi connectivity index (χ0n) is 8.89. The molecule has 1 aromatic carbocycles. The maximum Gasteiger partial charge on any atom is 0.142 e. The van der Waals surface area contributed by atoms with E-state index in [1.807, 2.05) is 14.0 Å². The summed E-state index contributed by atoms with van der Waals surface area (Å²) in [6.45, 7) is 2.79. The summed E-state index contributed by atoms with van der Waals surface area (Å²) in [5.41, 5.74) is 0. The molecule has 0 saturated carbocycles. The third-order valence-corrected chi connectivity index (χ3v) is 2.37. The van der Waals surface area contributed by atoms with Crippen molar-refractivity contribution in [1.82, 2.24) is 5.32 Å². The number of nitrogens with one attached hydrogen (secondary N) is 1. The zero-order chi connectivity index (χ0) is 11.3. The molecule has 1 atom stereocenters. The molecule has 0 radical (unpaired) electrons. The van der Waals surface area contributed by atoms with Gasteiger partial charge >= 0.3 is 0 Å². The summed E-state index contributed by atoms with van der Waals surface area (Å²) < 4.78 is 18.5. The monoisotopic (exact) mass is 231 g/mol. The van der Waals surface area contributed by atoms with E-state index >= 15 is 0 Å². The molecule has 1 rings (SSSR count). The van der Waals surface area contributed by atoms with E-state index in [2.05, 4.69) is 5.32 Å². The lowest BCUT2D eigenvalue weighted by atomic mass is 10.2. The predicted octanol–water partition coefficient (Wildman–Crippen LogP) is 2.86. The van der Waals surface area contributed by atoms with Crippen LogP contribution in [0.15, 0.2) is 18.2 Å². The first-order valence-electron chi connectivity index (χ1n) is 4.93. The Kier molecular flexibility index (Phi) is 4.85. The molecule has 1 unspecified atom stereocenters. The number of likely N-dealkylation sites (N-methyl/N-ethyl adjacent to an activating group) is 1. The second-order valence-corrected chi connectivity index (χ2v) is 3.69. The number of hydrogen-bond donors (Lipinski definition) is 1. The maximum absolute atomic E-state index is 12.9. The van der Waals surface area contributed by atoms with Crippen molar-refractivity contribution < 1.29 is 9.13 Å². The fourth-order valence-electron chi connectivity index (χ4n) is 1.24. The van der Waals surface area contributed by atoms with Crippen molar-refractivity contribution in [2.75, 3.05) is 13.6 Å². The number of benzene rings is 1. The number of ether oxygens (including phenoxy) is 1. The molecule has 84 valence electrons. The van der Waals surface area contributed by atoms with Gasteiger partial charge in [-0.25, -0.2) is 4.39 Å². The fourth-order valence-corrected chi connectivity index (χ4v) is 1.41. The normalized spacial score (nSPS) is 12.5. The van der Waals surface area contributed by atoms with Crippen LogP contribution in [0.4, 0.5) is 4.39 Å². The van der Waals surface area contributed by atoms with E-state index < -0.39 is 5.82 Å². The first-order valence-corrected chi connectivity index (χ1v) is 5.31. The molecule has 0 aliphatic carbocycles. The minimum Gasteiger partial charge on any atom is -0.489 e. The van der Waals surface area contributed by atoms with E-state index in [0.717, 1.165) is 13.0 Å². The lowest BCUT2D eigenvalue weighted by Crippen LogP contribution is -2.28. The molecule has 0 heterocycles. The van der Waals surface area contributed by atoms with E-state index in [1.54, 1.807) is 6.07 Å². The topological polar surface area (TPSA) is 21.3 Å². The Bertz CT molecular complexity index is 319. The van der Waals surface area contributed by atoms with E-state index in [4.69, 9.17) is 16.3 Å². The highest BCUT2D eigenvalue weighted by atomic mass is 35.5. The molecular weight excluding hydrogens is 217 g/mol. The summed E-state index contributed by atoms with van der Waals surface area (Å²) in [4.78, 5) is 0. The van der Waals surface area contributed by atoms with E-state index in [-0.39, 0.29) is 11.1 Å². The van der Waals surface area contributed by atoms with Gasteiger partial charge in [0.2, 0.25) is 0 Å². The Morgan fingerprint density at radius 2 is 2.27 bits per heavy atom. The van der Waals surface area contributed by atoms with E-state index in [1.165, 1.54) is 12.1 Å². The van der Waals surface area contributed by atoms with Crippen LogP contribution in [0.2, 0.25) is 5.02 Å². The van der Waals surface area contributed by atoms with Crippen molar-refractivity contribution in [3.05, 3.63) is 29.0 Å². The minimum atomic E-state index is -0.425. The fraction of sp³-hybridized carbons (Fsp3) is 0.455. The molecule has 0 aliphatic heterocycles. The van der Waals surface area contributed by atoms with Crippen LogP contribution in [-0.2, 0) is 0 Å². The van der Waals surface area contributed by atoms with Crippen LogP contribution >= 0.6 is 11.6 Å². The van der Waals surface area contributed by atoms with E-state index in [0.29, 0.717) is 5.75 Å². The van der Waals surface area contributed by atoms with Crippen LogP contribution in [0.5, 0.6) is 5.75 Å². The van der Waals surface area contributed by atoms with Gasteiger partial charge < -0.3 is 10.1 Å². The van der Waals surface area contributed by atoms with Crippen LogP contribution < -0.4 is 10.1 Å². The van der Waals surface area contributed by atoms with Crippen molar-refractivity contribution in [3.63, 3.8) is 0 Å². The smallest absolute Gasteiger partial charge is 0.142 e. The van der Waals surface area contributed by atoms with Crippen molar-refractivity contribution in [2.45, 2.75) is 19.4 Å². The first-order chi connectivity index (χ1) is 7.17. The predicted molar refractivity (Wildman–Crippen MR) is 60.0 cm³/mol. The zero-order valence-corrected chi connectivity index (χ0v) is 9.64. The van der Waals surface area contributed by atoms with Crippen LogP contribution in [-0.4, -0.2) is 19.7 Å². The highest BCUT2D eigenvalue weighted by molar-refractivity contribution is 6.30. The third kappa shape index (κ3) is 3.68. The van der Waals surface area contributed by atoms with Crippen LogP contribution in [0, 0.1) is 5.82 Å². The van der Waals surface area contributed by atoms with Gasteiger partial charge in [0.15, 0.2) is 0 Å². The molecule has 2 nitrogen and oxygen atoms in total. The summed E-state index contributed by atoms with van der Waals surface area (Å²) in [5.74, 6) is 0.175. The van der Waals surface area contributed by atoms with Gasteiger partial charge in [-0.1, -0.05) is 18.5 Å². The molecule has 4 heteroatoms. The second kappa shape index (κ2) is 5.93. The summed E-state index contributed by atoms with van der Waals surface area (Å²) in [6.07, 6.45) is 0.965. The summed E-state index contributed by atoms with van der Waals surface area (Å²) >= 11 is 5.65. The van der Waals surface area contributed by atoms with Gasteiger partial charge in [0.25, 0.3) is 0 Å². The van der Waals surface area contributed by atoms with E-state index in [9.17, 15) is 4.39 Å². The maximum atomic E-state index is 12.9. The first kappa shape index (κ1) is 12.3. The molecule has 0 amide bonds. The van der Waals surface area contributed by atoms with Gasteiger partial charge in [-0.3, -0.25) is 0 Å². The Balaban J connectivity index is 2.66. The minimum absolute atomic E-state index is 0.0801. The van der Waals surface area contributed by atoms with Crippen LogP contribution in [0.1, 0.15) is 13.3 Å². The van der Waals surface area contributed by atoms with Gasteiger partial charge in [-0.05, 0) is 25.6 Å². The number of hydrogen-bond acceptors (Lipinski definition) is 2. The SMILES string of the molecule is CCC(CNC)Oc1ccc(F)c(Cl)c1. The molecule has 1 aromatic rings. The summed E-state index contributed by atoms with van der Waals surface area (Å²) in [5, 5.41) is 3.12. The molecule has 0 aliphatic rings. The second-order valence-electron chi connectivity index (χ2n) is 3.28. The average molecular weight is 232 g/mol. The molecule has 0 fully saturated rings. The summed E-state index contributed by atoms with van der Waals surface area (Å²) in [7, 11) is 1.86. The van der Waals surface area contributed by atoms with Gasteiger partial charge in [-0.2, -0.15) is 0 Å². The molecule has 1 N–H and O–H groups in total. The van der Waals surface area contributed by atoms with Crippen LogP contribution in [0.25, 0.3) is 0 Å². The van der Waals surface area contributed by atoms with Crippen molar-refractivity contribution in [3.8, 4) is 5.75 Å². The molecule has 0 aromatic heterocycles. The Morgan fingerprint density at radius 3 is 2.80 bits per heavy atom. The lowest BCUT2D eigenvalue weighted by molar-refractivity contribution is 0.196. The highest BCUT2D eigenvalue weighted by Gasteiger charge is 2.08. The van der Waals surface area contributed by atoms with Crippen molar-refractivity contribution in [2.24, 2.45) is 0 Å². The Morgan fingerprint density at radius 1 is 1.53 bits per heavy atom. The largest absolute Gasteiger partial charge is 0.489 e. The van der Waals surface area contributed by atoms with Gasteiger partial charge in [0.05, 0.1) is 5.02 Å². The Hall–Kier alpha value is -0.800. The molecule has 0 spiro atoms.